The van der Waals surface area contributed by atoms with Gasteiger partial charge in [-0.15, -0.1) is 0 Å². The lowest BCUT2D eigenvalue weighted by Gasteiger charge is -2.14. The molecule has 0 saturated carbocycles. The van der Waals surface area contributed by atoms with E-state index < -0.39 is 11.9 Å². The number of carboxylic acid groups (broad SMARTS) is 2. The second kappa shape index (κ2) is 5.58. The van der Waals surface area contributed by atoms with Crippen molar-refractivity contribution < 1.29 is 19.8 Å². The van der Waals surface area contributed by atoms with Gasteiger partial charge in [0.05, 0.1) is 11.1 Å². The molecular weight excluding hydrogens is 292 g/mol. The summed E-state index contributed by atoms with van der Waals surface area (Å²) in [5.74, 6) is -2.31. The summed E-state index contributed by atoms with van der Waals surface area (Å²) in [5.41, 5.74) is 2.09. The molecule has 0 amide bonds. The Morgan fingerprint density at radius 3 is 2.14 bits per heavy atom. The van der Waals surface area contributed by atoms with Crippen molar-refractivity contribution in [2.45, 2.75) is 13.8 Å². The minimum absolute atomic E-state index is 0.0136. The summed E-state index contributed by atoms with van der Waals surface area (Å²) in [4.78, 5) is 22.7. The van der Waals surface area contributed by atoms with Crippen LogP contribution in [0, 0.1) is 13.8 Å². The average molecular weight is 305 g/mol. The van der Waals surface area contributed by atoms with E-state index in [0.29, 0.717) is 16.1 Å². The zero-order chi connectivity index (χ0) is 15.7. The van der Waals surface area contributed by atoms with E-state index >= 15 is 0 Å². The largest absolute Gasteiger partial charge is 0.478 e. The molecule has 0 aliphatic carbocycles. The number of halogens is 1. The standard InChI is InChI=1S/C16H13ClO4/c1-8-10(4-3-5-13(8)17)12-7-6-11(15(18)19)9(2)14(12)16(20)21/h3-7H,1-2H3,(H,18,19)(H,20,21). The van der Waals surface area contributed by atoms with Gasteiger partial charge in [0.15, 0.2) is 0 Å². The summed E-state index contributed by atoms with van der Waals surface area (Å²) in [6.45, 7) is 3.29. The van der Waals surface area contributed by atoms with Crippen LogP contribution in [0.2, 0.25) is 5.02 Å². The molecule has 5 heteroatoms. The van der Waals surface area contributed by atoms with Crippen LogP contribution < -0.4 is 0 Å². The van der Waals surface area contributed by atoms with Gasteiger partial charge in [-0.25, -0.2) is 9.59 Å². The van der Waals surface area contributed by atoms with E-state index in [9.17, 15) is 14.7 Å². The Bertz CT molecular complexity index is 750. The van der Waals surface area contributed by atoms with Gasteiger partial charge in [0, 0.05) is 5.02 Å². The van der Waals surface area contributed by atoms with Crippen LogP contribution in [0.3, 0.4) is 0 Å². The van der Waals surface area contributed by atoms with E-state index in [1.807, 2.05) is 0 Å². The second-order valence-corrected chi connectivity index (χ2v) is 5.09. The smallest absolute Gasteiger partial charge is 0.336 e. The van der Waals surface area contributed by atoms with Crippen molar-refractivity contribution in [3.05, 3.63) is 57.6 Å². The highest BCUT2D eigenvalue weighted by Crippen LogP contribution is 2.33. The van der Waals surface area contributed by atoms with Crippen molar-refractivity contribution in [3.63, 3.8) is 0 Å². The predicted octanol–water partition coefficient (Wildman–Crippen LogP) is 4.02. The SMILES string of the molecule is Cc1c(Cl)cccc1-c1ccc(C(=O)O)c(C)c1C(=O)O. The van der Waals surface area contributed by atoms with Crippen molar-refractivity contribution in [2.75, 3.05) is 0 Å². The third-order valence-electron chi connectivity index (χ3n) is 3.47. The molecule has 0 spiro atoms. The Kier molecular flexibility index (Phi) is 4.00. The van der Waals surface area contributed by atoms with Gasteiger partial charge in [0.25, 0.3) is 0 Å². The predicted molar refractivity (Wildman–Crippen MR) is 80.3 cm³/mol. The molecule has 0 aromatic heterocycles. The summed E-state index contributed by atoms with van der Waals surface area (Å²) >= 11 is 6.08. The molecule has 0 atom stereocenters. The summed E-state index contributed by atoms with van der Waals surface area (Å²) in [7, 11) is 0. The summed E-state index contributed by atoms with van der Waals surface area (Å²) in [6.07, 6.45) is 0. The molecule has 2 rings (SSSR count). The first-order valence-corrected chi connectivity index (χ1v) is 6.58. The van der Waals surface area contributed by atoms with E-state index in [-0.39, 0.29) is 16.7 Å². The van der Waals surface area contributed by atoms with Crippen molar-refractivity contribution in [3.8, 4) is 11.1 Å². The minimum atomic E-state index is -1.16. The molecule has 108 valence electrons. The molecule has 2 N–H and O–H groups in total. The van der Waals surface area contributed by atoms with Crippen molar-refractivity contribution >= 4 is 23.5 Å². The highest BCUT2D eigenvalue weighted by atomic mass is 35.5. The lowest BCUT2D eigenvalue weighted by molar-refractivity contribution is 0.0696. The van der Waals surface area contributed by atoms with Crippen LogP contribution in [-0.4, -0.2) is 22.2 Å². The molecule has 0 aliphatic heterocycles. The Hall–Kier alpha value is -2.33. The maximum Gasteiger partial charge on any atom is 0.336 e. The van der Waals surface area contributed by atoms with Gasteiger partial charge >= 0.3 is 11.9 Å². The van der Waals surface area contributed by atoms with E-state index in [2.05, 4.69) is 0 Å². The lowest BCUT2D eigenvalue weighted by atomic mass is 9.90. The monoisotopic (exact) mass is 304 g/mol. The number of rotatable bonds is 3. The summed E-state index contributed by atoms with van der Waals surface area (Å²) < 4.78 is 0. The molecule has 0 fully saturated rings. The molecule has 4 nitrogen and oxygen atoms in total. The quantitative estimate of drug-likeness (QED) is 0.898. The number of benzene rings is 2. The van der Waals surface area contributed by atoms with Gasteiger partial charge < -0.3 is 10.2 Å². The van der Waals surface area contributed by atoms with E-state index in [4.69, 9.17) is 16.7 Å². The van der Waals surface area contributed by atoms with Crippen molar-refractivity contribution in [2.24, 2.45) is 0 Å². The van der Waals surface area contributed by atoms with E-state index in [0.717, 1.165) is 5.56 Å². The Morgan fingerprint density at radius 1 is 0.905 bits per heavy atom. The first-order chi connectivity index (χ1) is 9.84. The molecule has 21 heavy (non-hydrogen) atoms. The average Bonchev–Trinajstić information content (AvgIpc) is 2.40. The van der Waals surface area contributed by atoms with Gasteiger partial charge in [-0.1, -0.05) is 29.8 Å². The molecule has 2 aromatic carbocycles. The first kappa shape index (κ1) is 15.1. The zero-order valence-corrected chi connectivity index (χ0v) is 12.2. The van der Waals surface area contributed by atoms with Crippen LogP contribution in [0.25, 0.3) is 11.1 Å². The molecule has 0 aliphatic rings. The maximum atomic E-state index is 11.6. The number of carbonyl (C=O) groups is 2. The fourth-order valence-corrected chi connectivity index (χ4v) is 2.52. The molecule has 0 saturated heterocycles. The van der Waals surface area contributed by atoms with Crippen LogP contribution >= 0.6 is 11.6 Å². The molecule has 0 radical (unpaired) electrons. The van der Waals surface area contributed by atoms with Crippen LogP contribution in [0.15, 0.2) is 30.3 Å². The zero-order valence-electron chi connectivity index (χ0n) is 11.5. The molecular formula is C16H13ClO4. The van der Waals surface area contributed by atoms with Crippen molar-refractivity contribution in [1.29, 1.82) is 0 Å². The summed E-state index contributed by atoms with van der Waals surface area (Å²) in [6, 6.07) is 8.15. The van der Waals surface area contributed by atoms with Gasteiger partial charge in [-0.05, 0) is 48.2 Å². The van der Waals surface area contributed by atoms with Crippen LogP contribution in [0.4, 0.5) is 0 Å². The van der Waals surface area contributed by atoms with Crippen LogP contribution in [0.1, 0.15) is 31.8 Å². The minimum Gasteiger partial charge on any atom is -0.478 e. The highest BCUT2D eigenvalue weighted by Gasteiger charge is 2.21. The number of hydrogen-bond acceptors (Lipinski definition) is 2. The molecule has 0 unspecified atom stereocenters. The van der Waals surface area contributed by atoms with Crippen LogP contribution in [0.5, 0.6) is 0 Å². The van der Waals surface area contributed by atoms with E-state index in [1.54, 1.807) is 25.1 Å². The Labute approximate surface area is 126 Å². The second-order valence-electron chi connectivity index (χ2n) is 4.68. The van der Waals surface area contributed by atoms with Crippen molar-refractivity contribution in [1.82, 2.24) is 0 Å². The fraction of sp³-hybridized carbons (Fsp3) is 0.125. The van der Waals surface area contributed by atoms with Crippen LogP contribution in [-0.2, 0) is 0 Å². The fourth-order valence-electron chi connectivity index (χ4n) is 2.34. The summed E-state index contributed by atoms with van der Waals surface area (Å²) in [5, 5.41) is 19.1. The van der Waals surface area contributed by atoms with Gasteiger partial charge in [-0.2, -0.15) is 0 Å². The maximum absolute atomic E-state index is 11.6. The molecule has 0 heterocycles. The highest BCUT2D eigenvalue weighted by molar-refractivity contribution is 6.31. The van der Waals surface area contributed by atoms with Gasteiger partial charge in [0.1, 0.15) is 0 Å². The Morgan fingerprint density at radius 2 is 1.57 bits per heavy atom. The third-order valence-corrected chi connectivity index (χ3v) is 3.88. The molecule has 0 bridgehead atoms. The number of aromatic carboxylic acids is 2. The topological polar surface area (TPSA) is 74.6 Å². The van der Waals surface area contributed by atoms with E-state index in [1.165, 1.54) is 19.1 Å². The van der Waals surface area contributed by atoms with Gasteiger partial charge in [-0.3, -0.25) is 0 Å². The third kappa shape index (κ3) is 2.62. The normalized spacial score (nSPS) is 10.4. The Balaban J connectivity index is 2.81. The molecule has 2 aromatic rings. The first-order valence-electron chi connectivity index (χ1n) is 6.20. The number of carboxylic acids is 2. The number of hydrogen-bond donors (Lipinski definition) is 2. The lowest BCUT2D eigenvalue weighted by Crippen LogP contribution is -2.09. The van der Waals surface area contributed by atoms with Gasteiger partial charge in [0.2, 0.25) is 0 Å².